The lowest BCUT2D eigenvalue weighted by Gasteiger charge is -2.22. The Kier molecular flexibility index (Phi) is 4.08. The van der Waals surface area contributed by atoms with E-state index in [1.54, 1.807) is 24.3 Å². The van der Waals surface area contributed by atoms with Gasteiger partial charge in [-0.3, -0.25) is 19.4 Å². The Labute approximate surface area is 161 Å². The third-order valence-corrected chi connectivity index (χ3v) is 5.01. The van der Waals surface area contributed by atoms with Gasteiger partial charge in [-0.25, -0.2) is 4.90 Å². The van der Waals surface area contributed by atoms with Gasteiger partial charge in [-0.1, -0.05) is 35.4 Å². The lowest BCUT2D eigenvalue weighted by atomic mass is 9.95. The number of hydrazone groups is 1. The van der Waals surface area contributed by atoms with Gasteiger partial charge in [-0.05, 0) is 37.3 Å². The molecular formula is C20H16ClN3O3. The van der Waals surface area contributed by atoms with Crippen LogP contribution in [0, 0.1) is 12.8 Å². The minimum absolute atomic E-state index is 0.100. The fourth-order valence-corrected chi connectivity index (χ4v) is 3.67. The molecular weight excluding hydrogens is 366 g/mol. The number of Topliss-reactive ketones (excluding diaryl/α,β-unsaturated/α-hetero) is 1. The normalized spacial score (nSPS) is 21.5. The van der Waals surface area contributed by atoms with E-state index >= 15 is 0 Å². The minimum Gasteiger partial charge on any atom is -0.293 e. The molecule has 2 aromatic carbocycles. The highest BCUT2D eigenvalue weighted by Crippen LogP contribution is 2.38. The summed E-state index contributed by atoms with van der Waals surface area (Å²) in [6, 6.07) is 13.1. The van der Waals surface area contributed by atoms with Crippen LogP contribution in [0.1, 0.15) is 12.5 Å². The van der Waals surface area contributed by atoms with Gasteiger partial charge in [-0.15, -0.1) is 0 Å². The molecule has 136 valence electrons. The molecule has 1 saturated heterocycles. The second-order valence-electron chi connectivity index (χ2n) is 6.64. The number of anilines is 2. The van der Waals surface area contributed by atoms with Gasteiger partial charge < -0.3 is 0 Å². The average Bonchev–Trinajstić information content (AvgIpc) is 3.13. The lowest BCUT2D eigenvalue weighted by molar-refractivity contribution is -0.122. The Morgan fingerprint density at radius 3 is 2.37 bits per heavy atom. The van der Waals surface area contributed by atoms with Crippen LogP contribution < -0.4 is 9.91 Å². The van der Waals surface area contributed by atoms with Gasteiger partial charge in [0.15, 0.2) is 5.78 Å². The molecule has 1 fully saturated rings. The molecule has 2 atom stereocenters. The summed E-state index contributed by atoms with van der Waals surface area (Å²) in [5.41, 5.74) is 2.20. The van der Waals surface area contributed by atoms with Crippen LogP contribution in [-0.4, -0.2) is 29.4 Å². The number of fused-ring (bicyclic) bond motifs is 1. The fourth-order valence-electron chi connectivity index (χ4n) is 3.49. The SMILES string of the molecule is CC(=O)C1=NN(c2ccc(C)cc2)[C@H]2C(=O)N(c3cccc(Cl)c3)C(=O)[C@H]12. The quantitative estimate of drug-likeness (QED) is 0.766. The smallest absolute Gasteiger partial charge is 0.259 e. The fraction of sp³-hybridized carbons (Fsp3) is 0.200. The molecule has 27 heavy (non-hydrogen) atoms. The third kappa shape index (κ3) is 2.73. The van der Waals surface area contributed by atoms with Crippen LogP contribution in [0.4, 0.5) is 11.4 Å². The van der Waals surface area contributed by atoms with E-state index in [4.69, 9.17) is 11.6 Å². The highest BCUT2D eigenvalue weighted by atomic mass is 35.5. The summed E-state index contributed by atoms with van der Waals surface area (Å²) >= 11 is 6.02. The highest BCUT2D eigenvalue weighted by molar-refractivity contribution is 6.49. The van der Waals surface area contributed by atoms with Gasteiger partial charge in [0.1, 0.15) is 17.7 Å². The van der Waals surface area contributed by atoms with Crippen LogP contribution in [0.5, 0.6) is 0 Å². The molecule has 0 aromatic heterocycles. The summed E-state index contributed by atoms with van der Waals surface area (Å²) in [6.45, 7) is 3.31. The number of nitrogens with zero attached hydrogens (tertiary/aromatic N) is 3. The number of aryl methyl sites for hydroxylation is 1. The second-order valence-corrected chi connectivity index (χ2v) is 7.07. The number of amides is 2. The summed E-state index contributed by atoms with van der Waals surface area (Å²) in [4.78, 5) is 39.4. The zero-order valence-electron chi connectivity index (χ0n) is 14.7. The lowest BCUT2D eigenvalue weighted by Crippen LogP contribution is -2.39. The van der Waals surface area contributed by atoms with E-state index in [1.807, 2.05) is 31.2 Å². The van der Waals surface area contributed by atoms with E-state index in [0.717, 1.165) is 10.5 Å². The molecule has 2 heterocycles. The molecule has 2 aliphatic rings. The molecule has 2 aromatic rings. The third-order valence-electron chi connectivity index (χ3n) is 4.77. The molecule has 0 radical (unpaired) electrons. The minimum atomic E-state index is -0.921. The van der Waals surface area contributed by atoms with Crippen LogP contribution >= 0.6 is 11.6 Å². The number of carbonyl (C=O) groups is 3. The summed E-state index contributed by atoms with van der Waals surface area (Å²) in [5, 5.41) is 6.22. The zero-order chi connectivity index (χ0) is 19.3. The topological polar surface area (TPSA) is 70.1 Å². The molecule has 0 saturated carbocycles. The van der Waals surface area contributed by atoms with Crippen molar-refractivity contribution < 1.29 is 14.4 Å². The van der Waals surface area contributed by atoms with E-state index in [9.17, 15) is 14.4 Å². The zero-order valence-corrected chi connectivity index (χ0v) is 15.5. The predicted octanol–water partition coefficient (Wildman–Crippen LogP) is 2.97. The van der Waals surface area contributed by atoms with Crippen molar-refractivity contribution in [2.45, 2.75) is 19.9 Å². The van der Waals surface area contributed by atoms with Crippen LogP contribution in [0.25, 0.3) is 0 Å². The van der Waals surface area contributed by atoms with Crippen molar-refractivity contribution in [3.63, 3.8) is 0 Å². The van der Waals surface area contributed by atoms with E-state index in [0.29, 0.717) is 16.4 Å². The van der Waals surface area contributed by atoms with Crippen LogP contribution in [0.2, 0.25) is 5.02 Å². The Hall–Kier alpha value is -2.99. The van der Waals surface area contributed by atoms with Crippen molar-refractivity contribution in [1.82, 2.24) is 0 Å². The van der Waals surface area contributed by atoms with Gasteiger partial charge >= 0.3 is 0 Å². The Balaban J connectivity index is 1.80. The molecule has 0 unspecified atom stereocenters. The van der Waals surface area contributed by atoms with Crippen molar-refractivity contribution in [3.05, 3.63) is 59.1 Å². The number of halogens is 1. The molecule has 0 aliphatic carbocycles. The van der Waals surface area contributed by atoms with Crippen molar-refractivity contribution in [2.75, 3.05) is 9.91 Å². The maximum absolute atomic E-state index is 13.2. The molecule has 2 amide bonds. The average molecular weight is 382 g/mol. The van der Waals surface area contributed by atoms with E-state index in [-0.39, 0.29) is 11.5 Å². The Morgan fingerprint density at radius 2 is 1.74 bits per heavy atom. The van der Waals surface area contributed by atoms with E-state index in [2.05, 4.69) is 5.10 Å². The van der Waals surface area contributed by atoms with Crippen molar-refractivity contribution in [1.29, 1.82) is 0 Å². The second kappa shape index (κ2) is 6.32. The molecule has 0 bridgehead atoms. The van der Waals surface area contributed by atoms with Crippen molar-refractivity contribution in [3.8, 4) is 0 Å². The molecule has 0 spiro atoms. The molecule has 4 rings (SSSR count). The van der Waals surface area contributed by atoms with E-state index in [1.165, 1.54) is 11.9 Å². The largest absolute Gasteiger partial charge is 0.293 e. The van der Waals surface area contributed by atoms with Gasteiger partial charge in [-0.2, -0.15) is 5.10 Å². The maximum Gasteiger partial charge on any atom is 0.259 e. The Morgan fingerprint density at radius 1 is 1.04 bits per heavy atom. The van der Waals surface area contributed by atoms with Gasteiger partial charge in [0.25, 0.3) is 5.91 Å². The summed E-state index contributed by atoms with van der Waals surface area (Å²) < 4.78 is 0. The monoisotopic (exact) mass is 381 g/mol. The first-order valence-corrected chi connectivity index (χ1v) is 8.85. The summed E-state index contributed by atoms with van der Waals surface area (Å²) in [5.74, 6) is -2.13. The van der Waals surface area contributed by atoms with Crippen LogP contribution in [0.3, 0.4) is 0 Å². The predicted molar refractivity (Wildman–Crippen MR) is 103 cm³/mol. The molecule has 6 nitrogen and oxygen atoms in total. The van der Waals surface area contributed by atoms with Gasteiger partial charge in [0, 0.05) is 11.9 Å². The van der Waals surface area contributed by atoms with Gasteiger partial charge in [0.05, 0.1) is 11.4 Å². The number of imide groups is 1. The number of hydrogen-bond donors (Lipinski definition) is 0. The Bertz CT molecular complexity index is 1000. The number of benzene rings is 2. The molecule has 0 N–H and O–H groups in total. The number of rotatable bonds is 3. The first-order valence-electron chi connectivity index (χ1n) is 8.47. The summed E-state index contributed by atoms with van der Waals surface area (Å²) in [7, 11) is 0. The van der Waals surface area contributed by atoms with Crippen LogP contribution in [-0.2, 0) is 14.4 Å². The molecule has 2 aliphatic heterocycles. The first-order chi connectivity index (χ1) is 12.9. The van der Waals surface area contributed by atoms with Crippen molar-refractivity contribution >= 4 is 46.3 Å². The van der Waals surface area contributed by atoms with Gasteiger partial charge in [0.2, 0.25) is 5.91 Å². The number of ketones is 1. The van der Waals surface area contributed by atoms with E-state index < -0.39 is 23.8 Å². The molecule has 7 heteroatoms. The first kappa shape index (κ1) is 17.4. The van der Waals surface area contributed by atoms with Crippen molar-refractivity contribution in [2.24, 2.45) is 11.0 Å². The highest BCUT2D eigenvalue weighted by Gasteiger charge is 2.58. The van der Waals surface area contributed by atoms with Crippen LogP contribution in [0.15, 0.2) is 53.6 Å². The standard InChI is InChI=1S/C20H16ClN3O3/c1-11-6-8-14(9-7-11)24-18-16(17(22-24)12(2)25)19(26)23(20(18)27)15-5-3-4-13(21)10-15/h3-10,16,18H,1-2H3/t16-,18-/m1/s1. The number of hydrogen-bond acceptors (Lipinski definition) is 5. The summed E-state index contributed by atoms with van der Waals surface area (Å²) in [6.07, 6.45) is 0. The number of carbonyl (C=O) groups excluding carboxylic acids is 3. The maximum atomic E-state index is 13.2.